The Morgan fingerprint density at radius 2 is 1.56 bits per heavy atom. The largest absolute Gasteiger partial charge is 2.00 e. The van der Waals surface area contributed by atoms with Crippen LogP contribution in [0, 0.1) is 13.0 Å². The van der Waals surface area contributed by atoms with Crippen molar-refractivity contribution in [2.75, 3.05) is 0 Å². The van der Waals surface area contributed by atoms with Gasteiger partial charge in [-0.2, -0.15) is 6.08 Å². The van der Waals surface area contributed by atoms with Crippen molar-refractivity contribution >= 4 is 7.25 Å². The van der Waals surface area contributed by atoms with Crippen LogP contribution in [0.2, 0.25) is 0 Å². The van der Waals surface area contributed by atoms with Gasteiger partial charge in [0.25, 0.3) is 0 Å². The van der Waals surface area contributed by atoms with Gasteiger partial charge < -0.3 is 17.3 Å². The van der Waals surface area contributed by atoms with Crippen molar-refractivity contribution in [1.82, 2.24) is 0 Å². The maximum absolute atomic E-state index is 9.75. The predicted octanol–water partition coefficient (Wildman–Crippen LogP) is 4.60. The Hall–Kier alpha value is -0.996. The second kappa shape index (κ2) is 11.1. The molecule has 1 aliphatic rings. The molecule has 0 atom stereocenters. The molecule has 6 heteroatoms. The first kappa shape index (κ1) is 19.3. The second-order valence-electron chi connectivity index (χ2n) is 3.15. The normalized spacial score (nSPS) is 11.6. The van der Waals surface area contributed by atoms with Crippen LogP contribution in [-0.2, 0) is 17.1 Å². The zero-order valence-electron chi connectivity index (χ0n) is 9.77. The van der Waals surface area contributed by atoms with Crippen molar-refractivity contribution in [3.8, 4) is 0 Å². The average Bonchev–Trinajstić information content (AvgIpc) is 2.73. The SMILES string of the molecule is Cc1ccccc1.F[B-](F)(F)F.[C-]1=CC=CC1.[Fe+2]. The molecule has 0 heterocycles. The summed E-state index contributed by atoms with van der Waals surface area (Å²) in [6, 6.07) is 10.3. The third-order valence-corrected chi connectivity index (χ3v) is 1.53. The quantitative estimate of drug-likeness (QED) is 0.373. The van der Waals surface area contributed by atoms with Crippen molar-refractivity contribution in [2.45, 2.75) is 13.3 Å². The van der Waals surface area contributed by atoms with Crippen molar-refractivity contribution in [1.29, 1.82) is 0 Å². The number of rotatable bonds is 0. The number of allylic oxidation sites excluding steroid dienone is 4. The minimum Gasteiger partial charge on any atom is -0.418 e. The van der Waals surface area contributed by atoms with Crippen LogP contribution in [0.3, 0.4) is 0 Å². The molecule has 0 saturated carbocycles. The Bertz CT molecular complexity index is 331. The van der Waals surface area contributed by atoms with Gasteiger partial charge in [0.15, 0.2) is 0 Å². The van der Waals surface area contributed by atoms with Crippen molar-refractivity contribution in [3.63, 3.8) is 0 Å². The van der Waals surface area contributed by atoms with E-state index in [0.717, 1.165) is 6.42 Å². The predicted molar refractivity (Wildman–Crippen MR) is 62.9 cm³/mol. The van der Waals surface area contributed by atoms with E-state index in [2.05, 4.69) is 31.2 Å². The number of hydrogen-bond acceptors (Lipinski definition) is 0. The number of benzene rings is 1. The summed E-state index contributed by atoms with van der Waals surface area (Å²) < 4.78 is 39.0. The third kappa shape index (κ3) is 20.4. The van der Waals surface area contributed by atoms with Crippen LogP contribution in [0.25, 0.3) is 0 Å². The Kier molecular flexibility index (Phi) is 11.9. The van der Waals surface area contributed by atoms with Gasteiger partial charge in [-0.05, 0) is 6.92 Å². The molecule has 0 N–H and O–H groups in total. The zero-order valence-corrected chi connectivity index (χ0v) is 10.9. The van der Waals surface area contributed by atoms with Crippen LogP contribution in [0.4, 0.5) is 17.3 Å². The van der Waals surface area contributed by atoms with Gasteiger partial charge in [0.2, 0.25) is 0 Å². The number of hydrogen-bond donors (Lipinski definition) is 0. The summed E-state index contributed by atoms with van der Waals surface area (Å²) in [6.07, 6.45) is 10.0. The van der Waals surface area contributed by atoms with E-state index in [0.29, 0.717) is 0 Å². The fraction of sp³-hybridized carbons (Fsp3) is 0.167. The molecule has 0 aliphatic heterocycles. The molecule has 100 valence electrons. The van der Waals surface area contributed by atoms with Crippen LogP contribution in [-0.4, -0.2) is 7.25 Å². The summed E-state index contributed by atoms with van der Waals surface area (Å²) in [5.74, 6) is 0. The van der Waals surface area contributed by atoms with Gasteiger partial charge in [-0.3, -0.25) is 6.08 Å². The zero-order chi connectivity index (χ0) is 13.1. The fourth-order valence-corrected chi connectivity index (χ4v) is 0.875. The maximum atomic E-state index is 9.75. The van der Waals surface area contributed by atoms with Gasteiger partial charge in [-0.25, -0.2) is 12.2 Å². The fourth-order valence-electron chi connectivity index (χ4n) is 0.875. The summed E-state index contributed by atoms with van der Waals surface area (Å²) in [4.78, 5) is 0. The van der Waals surface area contributed by atoms with Crippen LogP contribution in [0.15, 0.2) is 48.6 Å². The first-order valence-corrected chi connectivity index (χ1v) is 5.00. The molecule has 0 unspecified atom stereocenters. The Balaban J connectivity index is 0. The molecule has 2 rings (SSSR count). The van der Waals surface area contributed by atoms with Crippen LogP contribution in [0.1, 0.15) is 12.0 Å². The smallest absolute Gasteiger partial charge is 0.418 e. The molecule has 0 radical (unpaired) electrons. The van der Waals surface area contributed by atoms with Gasteiger partial charge in [-0.15, -0.1) is 6.42 Å². The molecular formula is C12H13BF4Fe. The molecule has 0 bridgehead atoms. The Labute approximate surface area is 115 Å². The molecule has 0 nitrogen and oxygen atoms in total. The van der Waals surface area contributed by atoms with Crippen LogP contribution >= 0.6 is 0 Å². The summed E-state index contributed by atoms with van der Waals surface area (Å²) in [6.45, 7) is 2.08. The van der Waals surface area contributed by atoms with Gasteiger partial charge in [0.1, 0.15) is 0 Å². The topological polar surface area (TPSA) is 0 Å². The number of aryl methyl sites for hydroxylation is 1. The van der Waals surface area contributed by atoms with Crippen LogP contribution in [0.5, 0.6) is 0 Å². The standard InChI is InChI=1S/C7H8.C5H5.BF4.Fe/c1-7-5-3-2-4-6-7;1-2-4-5-3-1;2-1(3,4)5;/h2-6H,1H3;1-3H,4H2;;/q;2*-1;+2. The third-order valence-electron chi connectivity index (χ3n) is 1.53. The molecule has 0 amide bonds. The Morgan fingerprint density at radius 3 is 1.72 bits per heavy atom. The molecule has 0 aromatic heterocycles. The molecule has 1 aromatic rings. The monoisotopic (exact) mass is 300 g/mol. The summed E-state index contributed by atoms with van der Waals surface area (Å²) in [5, 5.41) is 0. The minimum atomic E-state index is -6.00. The van der Waals surface area contributed by atoms with Gasteiger partial charge in [0, 0.05) is 0 Å². The molecular weight excluding hydrogens is 287 g/mol. The van der Waals surface area contributed by atoms with E-state index in [1.165, 1.54) is 5.56 Å². The van der Waals surface area contributed by atoms with Crippen molar-refractivity contribution in [3.05, 3.63) is 60.2 Å². The van der Waals surface area contributed by atoms with Gasteiger partial charge in [0.05, 0.1) is 0 Å². The van der Waals surface area contributed by atoms with E-state index in [1.54, 1.807) is 0 Å². The first-order valence-electron chi connectivity index (χ1n) is 5.00. The van der Waals surface area contributed by atoms with Crippen LogP contribution < -0.4 is 0 Å². The van der Waals surface area contributed by atoms with Gasteiger partial charge >= 0.3 is 24.3 Å². The van der Waals surface area contributed by atoms with E-state index >= 15 is 0 Å². The molecule has 0 fully saturated rings. The number of halogens is 4. The van der Waals surface area contributed by atoms with E-state index in [9.17, 15) is 17.3 Å². The summed E-state index contributed by atoms with van der Waals surface area (Å²) in [7, 11) is -6.00. The van der Waals surface area contributed by atoms with Crippen molar-refractivity contribution in [2.24, 2.45) is 0 Å². The Morgan fingerprint density at radius 1 is 1.06 bits per heavy atom. The van der Waals surface area contributed by atoms with E-state index < -0.39 is 7.25 Å². The molecule has 1 aromatic carbocycles. The molecule has 0 spiro atoms. The molecule has 1 aliphatic carbocycles. The van der Waals surface area contributed by atoms with E-state index in [4.69, 9.17) is 0 Å². The molecule has 0 saturated heterocycles. The van der Waals surface area contributed by atoms with E-state index in [1.807, 2.05) is 30.4 Å². The summed E-state index contributed by atoms with van der Waals surface area (Å²) in [5.41, 5.74) is 1.32. The maximum Gasteiger partial charge on any atom is 2.00 e. The average molecular weight is 300 g/mol. The molecule has 18 heavy (non-hydrogen) atoms. The first-order chi connectivity index (χ1) is 7.89. The summed E-state index contributed by atoms with van der Waals surface area (Å²) >= 11 is 0. The second-order valence-corrected chi connectivity index (χ2v) is 3.15. The van der Waals surface area contributed by atoms with Gasteiger partial charge in [-0.1, -0.05) is 35.9 Å². The van der Waals surface area contributed by atoms with E-state index in [-0.39, 0.29) is 17.1 Å². The minimum absolute atomic E-state index is 0. The van der Waals surface area contributed by atoms with Crippen molar-refractivity contribution < 1.29 is 34.3 Å².